The summed E-state index contributed by atoms with van der Waals surface area (Å²) >= 11 is 0. The van der Waals surface area contributed by atoms with Gasteiger partial charge in [-0.3, -0.25) is 9.59 Å². The highest BCUT2D eigenvalue weighted by Crippen LogP contribution is 2.13. The van der Waals surface area contributed by atoms with E-state index >= 15 is 0 Å². The Hall–Kier alpha value is -2.82. The molecule has 2 rings (SSSR count). The minimum atomic E-state index is -0.583. The fourth-order valence-electron chi connectivity index (χ4n) is 2.71. The molecule has 2 aromatic rings. The molecular formula is C22H28N2O3. The molecule has 1 atom stereocenters. The van der Waals surface area contributed by atoms with E-state index in [0.717, 1.165) is 12.0 Å². The molecule has 2 N–H and O–H groups in total. The van der Waals surface area contributed by atoms with Crippen LogP contribution in [0.3, 0.4) is 0 Å². The van der Waals surface area contributed by atoms with E-state index in [1.54, 1.807) is 24.3 Å². The lowest BCUT2D eigenvalue weighted by Crippen LogP contribution is -2.50. The van der Waals surface area contributed by atoms with Crippen molar-refractivity contribution in [1.82, 2.24) is 10.6 Å². The molecule has 144 valence electrons. The number of rotatable bonds is 9. The molecule has 0 saturated carbocycles. The third-order valence-corrected chi connectivity index (χ3v) is 4.22. The number of hydrogen-bond donors (Lipinski definition) is 2. The first-order chi connectivity index (χ1) is 13.0. The lowest BCUT2D eigenvalue weighted by molar-refractivity contribution is -0.123. The minimum absolute atomic E-state index is 0.0200. The summed E-state index contributed by atoms with van der Waals surface area (Å²) in [6, 6.07) is 16.3. The van der Waals surface area contributed by atoms with E-state index < -0.39 is 6.04 Å². The summed E-state index contributed by atoms with van der Waals surface area (Å²) in [5.41, 5.74) is 1.67. The zero-order valence-electron chi connectivity index (χ0n) is 16.2. The van der Waals surface area contributed by atoms with Gasteiger partial charge in [-0.25, -0.2) is 0 Å². The normalized spacial score (nSPS) is 11.7. The molecule has 0 fully saturated rings. The van der Waals surface area contributed by atoms with E-state index in [2.05, 4.69) is 10.6 Å². The highest BCUT2D eigenvalue weighted by Gasteiger charge is 2.24. The smallest absolute Gasteiger partial charge is 0.251 e. The van der Waals surface area contributed by atoms with Crippen molar-refractivity contribution in [3.8, 4) is 5.75 Å². The molecule has 0 heterocycles. The summed E-state index contributed by atoms with van der Waals surface area (Å²) < 4.78 is 5.38. The summed E-state index contributed by atoms with van der Waals surface area (Å²) in [5.74, 6) is 0.261. The van der Waals surface area contributed by atoms with Gasteiger partial charge in [0.2, 0.25) is 5.91 Å². The molecule has 27 heavy (non-hydrogen) atoms. The molecule has 0 radical (unpaired) electrons. The molecule has 2 amide bonds. The summed E-state index contributed by atoms with van der Waals surface area (Å²) in [5, 5.41) is 5.76. The van der Waals surface area contributed by atoms with Crippen LogP contribution in [0, 0.1) is 5.92 Å². The second kappa shape index (κ2) is 10.4. The van der Waals surface area contributed by atoms with Crippen LogP contribution in [0.15, 0.2) is 54.6 Å². The first kappa shape index (κ1) is 20.5. The molecule has 0 aliphatic carbocycles. The quantitative estimate of drug-likeness (QED) is 0.714. The number of nitrogens with one attached hydrogen (secondary N) is 2. The average molecular weight is 368 g/mol. The first-order valence-electron chi connectivity index (χ1n) is 9.36. The van der Waals surface area contributed by atoms with Crippen molar-refractivity contribution in [3.05, 3.63) is 65.7 Å². The molecule has 5 heteroatoms. The summed E-state index contributed by atoms with van der Waals surface area (Å²) in [6.07, 6.45) is 0.754. The predicted molar refractivity (Wildman–Crippen MR) is 107 cm³/mol. The van der Waals surface area contributed by atoms with Gasteiger partial charge in [-0.1, -0.05) is 44.2 Å². The molecule has 0 aliphatic heterocycles. The molecule has 0 aliphatic rings. The Balaban J connectivity index is 1.91. The van der Waals surface area contributed by atoms with Gasteiger partial charge in [0.15, 0.2) is 0 Å². The Labute approximate surface area is 161 Å². The number of benzene rings is 2. The van der Waals surface area contributed by atoms with Gasteiger partial charge in [0, 0.05) is 12.1 Å². The zero-order chi connectivity index (χ0) is 19.6. The SMILES string of the molecule is CCOc1ccc(C(=O)N[C@H](C(=O)NCCc2ccccc2)C(C)C)cc1. The second-order valence-corrected chi connectivity index (χ2v) is 6.68. The second-order valence-electron chi connectivity index (χ2n) is 6.68. The van der Waals surface area contributed by atoms with Crippen LogP contribution >= 0.6 is 0 Å². The van der Waals surface area contributed by atoms with Gasteiger partial charge in [-0.15, -0.1) is 0 Å². The van der Waals surface area contributed by atoms with Crippen molar-refractivity contribution in [2.24, 2.45) is 5.92 Å². The maximum Gasteiger partial charge on any atom is 0.251 e. The lowest BCUT2D eigenvalue weighted by atomic mass is 10.0. The zero-order valence-corrected chi connectivity index (χ0v) is 16.2. The van der Waals surface area contributed by atoms with Gasteiger partial charge >= 0.3 is 0 Å². The highest BCUT2D eigenvalue weighted by molar-refractivity contribution is 5.97. The molecule has 0 unspecified atom stereocenters. The minimum Gasteiger partial charge on any atom is -0.494 e. The number of ether oxygens (including phenoxy) is 1. The third-order valence-electron chi connectivity index (χ3n) is 4.22. The number of hydrogen-bond acceptors (Lipinski definition) is 3. The fraction of sp³-hybridized carbons (Fsp3) is 0.364. The van der Waals surface area contributed by atoms with Crippen molar-refractivity contribution in [3.63, 3.8) is 0 Å². The van der Waals surface area contributed by atoms with Crippen LogP contribution in [0.1, 0.15) is 36.7 Å². The summed E-state index contributed by atoms with van der Waals surface area (Å²) in [7, 11) is 0. The molecule has 0 saturated heterocycles. The van der Waals surface area contributed by atoms with Crippen molar-refractivity contribution in [2.45, 2.75) is 33.2 Å². The average Bonchev–Trinajstić information content (AvgIpc) is 2.67. The van der Waals surface area contributed by atoms with Crippen LogP contribution in [0.5, 0.6) is 5.75 Å². The van der Waals surface area contributed by atoms with Gasteiger partial charge in [0.1, 0.15) is 11.8 Å². The molecule has 0 spiro atoms. The summed E-state index contributed by atoms with van der Waals surface area (Å²) in [4.78, 5) is 25.0. The predicted octanol–water partition coefficient (Wildman–Crippen LogP) is 3.20. The molecular weight excluding hydrogens is 340 g/mol. The fourth-order valence-corrected chi connectivity index (χ4v) is 2.71. The summed E-state index contributed by atoms with van der Waals surface area (Å²) in [6.45, 7) is 6.85. The van der Waals surface area contributed by atoms with E-state index in [9.17, 15) is 9.59 Å². The van der Waals surface area contributed by atoms with E-state index in [4.69, 9.17) is 4.74 Å². The Kier molecular flexibility index (Phi) is 7.86. The Morgan fingerprint density at radius 3 is 2.26 bits per heavy atom. The maximum atomic E-state index is 12.5. The van der Waals surface area contributed by atoms with Crippen molar-refractivity contribution in [2.75, 3.05) is 13.2 Å². The molecule has 0 aromatic heterocycles. The Bertz CT molecular complexity index is 727. The largest absolute Gasteiger partial charge is 0.494 e. The van der Waals surface area contributed by atoms with E-state index in [-0.39, 0.29) is 17.7 Å². The highest BCUT2D eigenvalue weighted by atomic mass is 16.5. The van der Waals surface area contributed by atoms with Crippen LogP contribution in [-0.4, -0.2) is 31.0 Å². The number of carbonyl (C=O) groups excluding carboxylic acids is 2. The monoisotopic (exact) mass is 368 g/mol. The van der Waals surface area contributed by atoms with Crippen LogP contribution in [-0.2, 0) is 11.2 Å². The first-order valence-corrected chi connectivity index (χ1v) is 9.36. The van der Waals surface area contributed by atoms with Gasteiger partial charge < -0.3 is 15.4 Å². The molecule has 2 aromatic carbocycles. The van der Waals surface area contributed by atoms with Crippen LogP contribution in [0.25, 0.3) is 0 Å². The molecule has 5 nitrogen and oxygen atoms in total. The van der Waals surface area contributed by atoms with Crippen molar-refractivity contribution in [1.29, 1.82) is 0 Å². The maximum absolute atomic E-state index is 12.5. The molecule has 0 bridgehead atoms. The van der Waals surface area contributed by atoms with Crippen LogP contribution in [0.4, 0.5) is 0 Å². The van der Waals surface area contributed by atoms with Crippen LogP contribution < -0.4 is 15.4 Å². The van der Waals surface area contributed by atoms with E-state index in [1.165, 1.54) is 0 Å². The van der Waals surface area contributed by atoms with Crippen LogP contribution in [0.2, 0.25) is 0 Å². The van der Waals surface area contributed by atoms with E-state index in [0.29, 0.717) is 24.5 Å². The van der Waals surface area contributed by atoms with Crippen molar-refractivity contribution < 1.29 is 14.3 Å². The number of carbonyl (C=O) groups is 2. The van der Waals surface area contributed by atoms with Crippen molar-refractivity contribution >= 4 is 11.8 Å². The Morgan fingerprint density at radius 1 is 1.00 bits per heavy atom. The number of amides is 2. The van der Waals surface area contributed by atoms with Gasteiger partial charge in [-0.2, -0.15) is 0 Å². The standard InChI is InChI=1S/C22H28N2O3/c1-4-27-19-12-10-18(11-13-19)21(25)24-20(16(2)3)22(26)23-15-14-17-8-6-5-7-9-17/h5-13,16,20H,4,14-15H2,1-3H3,(H,23,26)(H,24,25)/t20-/m0/s1. The lowest BCUT2D eigenvalue weighted by Gasteiger charge is -2.22. The van der Waals surface area contributed by atoms with Gasteiger partial charge in [0.05, 0.1) is 6.61 Å². The topological polar surface area (TPSA) is 67.4 Å². The van der Waals surface area contributed by atoms with E-state index in [1.807, 2.05) is 51.1 Å². The third kappa shape index (κ3) is 6.44. The van der Waals surface area contributed by atoms with Gasteiger partial charge in [-0.05, 0) is 49.1 Å². The Morgan fingerprint density at radius 2 is 1.67 bits per heavy atom. The van der Waals surface area contributed by atoms with Gasteiger partial charge in [0.25, 0.3) is 5.91 Å².